The number of para-hydroxylation sites is 2. The first kappa shape index (κ1) is 15.9. The molecule has 1 aromatic carbocycles. The predicted octanol–water partition coefficient (Wildman–Crippen LogP) is 3.52. The maximum atomic E-state index is 12.3. The quantitative estimate of drug-likeness (QED) is 0.921. The van der Waals surface area contributed by atoms with Crippen LogP contribution in [-0.4, -0.2) is 43.4 Å². The molecule has 3 nitrogen and oxygen atoms in total. The van der Waals surface area contributed by atoms with Crippen LogP contribution in [0.4, 0.5) is 18.9 Å². The lowest BCUT2D eigenvalue weighted by Crippen LogP contribution is -2.42. The molecule has 1 heterocycles. The number of anilines is 1. The van der Waals surface area contributed by atoms with E-state index in [1.807, 2.05) is 0 Å². The van der Waals surface area contributed by atoms with Gasteiger partial charge in [-0.3, -0.25) is 0 Å². The van der Waals surface area contributed by atoms with Gasteiger partial charge in [0.15, 0.2) is 6.61 Å². The van der Waals surface area contributed by atoms with Crippen LogP contribution in [0.25, 0.3) is 0 Å². The number of nitrogens with one attached hydrogen (secondary N) is 1. The molecule has 0 radical (unpaired) electrons. The van der Waals surface area contributed by atoms with Gasteiger partial charge in [-0.05, 0) is 38.9 Å². The number of piperidine rings is 1. The summed E-state index contributed by atoms with van der Waals surface area (Å²) >= 11 is 0. The number of rotatable bonds is 4. The van der Waals surface area contributed by atoms with Crippen molar-refractivity contribution in [1.29, 1.82) is 0 Å². The van der Waals surface area contributed by atoms with E-state index in [4.69, 9.17) is 4.74 Å². The zero-order valence-corrected chi connectivity index (χ0v) is 12.3. The Hall–Kier alpha value is -1.43. The van der Waals surface area contributed by atoms with E-state index < -0.39 is 12.8 Å². The molecule has 2 atom stereocenters. The van der Waals surface area contributed by atoms with Crippen LogP contribution in [-0.2, 0) is 0 Å². The highest BCUT2D eigenvalue weighted by Gasteiger charge is 2.29. The Balaban J connectivity index is 2.00. The molecule has 0 amide bonds. The Bertz CT molecular complexity index is 464. The lowest BCUT2D eigenvalue weighted by molar-refractivity contribution is -0.153. The minimum absolute atomic E-state index is 0.251. The highest BCUT2D eigenvalue weighted by molar-refractivity contribution is 5.56. The second kappa shape index (κ2) is 6.56. The number of hydrogen-bond acceptors (Lipinski definition) is 3. The van der Waals surface area contributed by atoms with E-state index in [1.54, 1.807) is 24.3 Å². The van der Waals surface area contributed by atoms with E-state index in [9.17, 15) is 13.2 Å². The van der Waals surface area contributed by atoms with E-state index in [0.29, 0.717) is 11.7 Å². The smallest absolute Gasteiger partial charge is 0.422 e. The molecule has 2 rings (SSSR count). The molecule has 0 aliphatic carbocycles. The van der Waals surface area contributed by atoms with Crippen LogP contribution in [0.5, 0.6) is 5.75 Å². The van der Waals surface area contributed by atoms with Crippen LogP contribution in [0.1, 0.15) is 19.8 Å². The van der Waals surface area contributed by atoms with Gasteiger partial charge in [0.2, 0.25) is 0 Å². The summed E-state index contributed by atoms with van der Waals surface area (Å²) in [6.07, 6.45) is -2.40. The maximum absolute atomic E-state index is 12.3. The van der Waals surface area contributed by atoms with E-state index in [-0.39, 0.29) is 11.8 Å². The van der Waals surface area contributed by atoms with E-state index in [0.717, 1.165) is 19.4 Å². The summed E-state index contributed by atoms with van der Waals surface area (Å²) in [6.45, 7) is 1.86. The molecule has 0 aromatic heterocycles. The minimum atomic E-state index is -4.32. The number of benzene rings is 1. The first-order valence-electron chi connectivity index (χ1n) is 7.10. The number of likely N-dealkylation sites (tertiary alicyclic amines) is 1. The lowest BCUT2D eigenvalue weighted by Gasteiger charge is -2.36. The fourth-order valence-electron chi connectivity index (χ4n) is 2.51. The van der Waals surface area contributed by atoms with Crippen LogP contribution in [0.15, 0.2) is 24.3 Å². The Morgan fingerprint density at radius 2 is 2.05 bits per heavy atom. The van der Waals surface area contributed by atoms with Crippen LogP contribution in [0.2, 0.25) is 0 Å². The monoisotopic (exact) mass is 302 g/mol. The standard InChI is InChI=1S/C15H21F3N2O/c1-11-9-12(7-8-20(11)2)19-13-5-3-4-6-14(13)21-10-15(16,17)18/h3-6,11-12,19H,7-10H2,1-2H3/t11-,12+/m1/s1. The van der Waals surface area contributed by atoms with Gasteiger partial charge < -0.3 is 15.0 Å². The summed E-state index contributed by atoms with van der Waals surface area (Å²) in [5.74, 6) is 0.251. The lowest BCUT2D eigenvalue weighted by atomic mass is 9.98. The zero-order valence-electron chi connectivity index (χ0n) is 12.3. The molecule has 1 aliphatic rings. The van der Waals surface area contributed by atoms with Crippen molar-refractivity contribution < 1.29 is 17.9 Å². The third kappa shape index (κ3) is 4.81. The Morgan fingerprint density at radius 3 is 2.71 bits per heavy atom. The largest absolute Gasteiger partial charge is 0.482 e. The zero-order chi connectivity index (χ0) is 15.5. The Morgan fingerprint density at radius 1 is 1.33 bits per heavy atom. The average molecular weight is 302 g/mol. The van der Waals surface area contributed by atoms with Gasteiger partial charge in [0.1, 0.15) is 5.75 Å². The van der Waals surface area contributed by atoms with Gasteiger partial charge in [0.25, 0.3) is 0 Å². The van der Waals surface area contributed by atoms with Gasteiger partial charge in [0, 0.05) is 18.6 Å². The van der Waals surface area contributed by atoms with Crippen LogP contribution < -0.4 is 10.1 Å². The van der Waals surface area contributed by atoms with E-state index >= 15 is 0 Å². The van der Waals surface area contributed by atoms with Crippen molar-refractivity contribution >= 4 is 5.69 Å². The molecule has 118 valence electrons. The Labute approximate surface area is 123 Å². The van der Waals surface area contributed by atoms with E-state index in [1.165, 1.54) is 0 Å². The van der Waals surface area contributed by atoms with E-state index in [2.05, 4.69) is 24.2 Å². The predicted molar refractivity (Wildman–Crippen MR) is 76.7 cm³/mol. The summed E-state index contributed by atoms with van der Waals surface area (Å²) in [6, 6.07) is 7.50. The molecule has 0 saturated carbocycles. The summed E-state index contributed by atoms with van der Waals surface area (Å²) in [7, 11) is 2.08. The van der Waals surface area contributed by atoms with Gasteiger partial charge in [-0.15, -0.1) is 0 Å². The molecule has 1 fully saturated rings. The number of alkyl halides is 3. The summed E-state index contributed by atoms with van der Waals surface area (Å²) in [5.41, 5.74) is 0.628. The van der Waals surface area contributed by atoms with Crippen molar-refractivity contribution in [3.63, 3.8) is 0 Å². The molecule has 1 aliphatic heterocycles. The SMILES string of the molecule is C[C@@H]1C[C@@H](Nc2ccccc2OCC(F)(F)F)CCN1C. The number of halogens is 3. The van der Waals surface area contributed by atoms with Crippen LogP contribution in [0, 0.1) is 0 Å². The van der Waals surface area contributed by atoms with Crippen molar-refractivity contribution in [3.05, 3.63) is 24.3 Å². The topological polar surface area (TPSA) is 24.5 Å². The number of hydrogen-bond donors (Lipinski definition) is 1. The summed E-state index contributed by atoms with van der Waals surface area (Å²) in [4.78, 5) is 2.28. The Kier molecular flexibility index (Phi) is 4.98. The molecule has 1 aromatic rings. The van der Waals surface area contributed by atoms with Crippen molar-refractivity contribution in [1.82, 2.24) is 4.90 Å². The first-order chi connectivity index (χ1) is 9.85. The summed E-state index contributed by atoms with van der Waals surface area (Å²) < 4.78 is 41.7. The second-order valence-corrected chi connectivity index (χ2v) is 5.60. The molecular weight excluding hydrogens is 281 g/mol. The fourth-order valence-corrected chi connectivity index (χ4v) is 2.51. The van der Waals surface area contributed by atoms with Crippen LogP contribution in [0.3, 0.4) is 0 Å². The molecule has 21 heavy (non-hydrogen) atoms. The molecular formula is C15H21F3N2O. The summed E-state index contributed by atoms with van der Waals surface area (Å²) in [5, 5.41) is 3.32. The van der Waals surface area contributed by atoms with Gasteiger partial charge in [-0.25, -0.2) is 0 Å². The third-order valence-electron chi connectivity index (χ3n) is 3.85. The number of nitrogens with zero attached hydrogens (tertiary/aromatic N) is 1. The van der Waals surface area contributed by atoms with Crippen molar-refractivity contribution in [2.24, 2.45) is 0 Å². The van der Waals surface area contributed by atoms with Gasteiger partial charge in [0.05, 0.1) is 5.69 Å². The molecule has 1 saturated heterocycles. The molecule has 1 N–H and O–H groups in total. The fraction of sp³-hybridized carbons (Fsp3) is 0.600. The highest BCUT2D eigenvalue weighted by atomic mass is 19.4. The van der Waals surface area contributed by atoms with Crippen molar-refractivity contribution in [2.45, 2.75) is 38.0 Å². The van der Waals surface area contributed by atoms with Gasteiger partial charge >= 0.3 is 6.18 Å². The van der Waals surface area contributed by atoms with Crippen LogP contribution >= 0.6 is 0 Å². The molecule has 0 unspecified atom stereocenters. The number of ether oxygens (including phenoxy) is 1. The second-order valence-electron chi connectivity index (χ2n) is 5.60. The molecule has 0 spiro atoms. The minimum Gasteiger partial charge on any atom is -0.482 e. The first-order valence-corrected chi connectivity index (χ1v) is 7.10. The normalized spacial score (nSPS) is 23.9. The van der Waals surface area contributed by atoms with Crippen molar-refractivity contribution in [2.75, 3.05) is 25.5 Å². The van der Waals surface area contributed by atoms with Gasteiger partial charge in [-0.1, -0.05) is 12.1 Å². The maximum Gasteiger partial charge on any atom is 0.422 e. The average Bonchev–Trinajstić information content (AvgIpc) is 2.41. The highest BCUT2D eigenvalue weighted by Crippen LogP contribution is 2.29. The molecule has 6 heteroatoms. The third-order valence-corrected chi connectivity index (χ3v) is 3.85. The van der Waals surface area contributed by atoms with Crippen molar-refractivity contribution in [3.8, 4) is 5.75 Å². The van der Waals surface area contributed by atoms with Gasteiger partial charge in [-0.2, -0.15) is 13.2 Å². The molecule has 0 bridgehead atoms.